The maximum atomic E-state index is 3.34. The first-order valence-electron chi connectivity index (χ1n) is 4.40. The third-order valence-electron chi connectivity index (χ3n) is 2.27. The van der Waals surface area contributed by atoms with Crippen molar-refractivity contribution in [2.75, 3.05) is 13.1 Å². The molecule has 1 aliphatic heterocycles. The quantitative estimate of drug-likeness (QED) is 0.558. The molecule has 70 valence electrons. The van der Waals surface area contributed by atoms with Gasteiger partial charge in [-0.2, -0.15) is 0 Å². The number of fused-ring (bicyclic) bond motifs is 1. The van der Waals surface area contributed by atoms with Crippen LogP contribution in [0.5, 0.6) is 0 Å². The second-order valence-corrected chi connectivity index (χ2v) is 3.30. The molecule has 0 saturated carbocycles. The molecule has 0 unspecified atom stereocenters. The van der Waals surface area contributed by atoms with Crippen molar-refractivity contribution in [3.63, 3.8) is 0 Å². The summed E-state index contributed by atoms with van der Waals surface area (Å²) in [5.74, 6) is 0. The van der Waals surface area contributed by atoms with Crippen LogP contribution < -0.4 is 5.32 Å². The Balaban J connectivity index is 0.000000845. The molecule has 0 aromatic carbocycles. The van der Waals surface area contributed by atoms with E-state index in [1.54, 1.807) is 0 Å². The molecule has 0 bridgehead atoms. The van der Waals surface area contributed by atoms with Gasteiger partial charge in [0.25, 0.3) is 0 Å². The molecule has 0 spiro atoms. The van der Waals surface area contributed by atoms with Crippen LogP contribution in [0.1, 0.15) is 20.8 Å². The third-order valence-corrected chi connectivity index (χ3v) is 2.27. The zero-order valence-electron chi connectivity index (χ0n) is 7.35. The topological polar surface area (TPSA) is 12.0 Å². The van der Waals surface area contributed by atoms with Gasteiger partial charge in [0, 0.05) is 12.1 Å². The molecule has 1 nitrogen and oxygen atoms in total. The van der Waals surface area contributed by atoms with E-state index in [-0.39, 0.29) is 7.43 Å². The molecule has 0 radical (unpaired) electrons. The zero-order chi connectivity index (χ0) is 8.39. The molecule has 1 heteroatoms. The molecule has 0 aromatic rings. The molecule has 0 amide bonds. The summed E-state index contributed by atoms with van der Waals surface area (Å²) in [6.45, 7) is 4.21. The highest BCUT2D eigenvalue weighted by Crippen LogP contribution is 2.19. The van der Waals surface area contributed by atoms with Crippen molar-refractivity contribution in [3.8, 4) is 0 Å². The van der Waals surface area contributed by atoms with E-state index in [1.165, 1.54) is 16.7 Å². The van der Waals surface area contributed by atoms with Crippen LogP contribution in [0.4, 0.5) is 0 Å². The smallest absolute Gasteiger partial charge is 0.0281 e. The lowest BCUT2D eigenvalue weighted by molar-refractivity contribution is 0.683. The first-order chi connectivity index (χ1) is 5.86. The van der Waals surface area contributed by atoms with Gasteiger partial charge in [-0.1, -0.05) is 25.2 Å². The molecular formula is C12H17N. The number of hydrogen-bond acceptors (Lipinski definition) is 1. The maximum absolute atomic E-state index is 3.34. The average molecular weight is 175 g/mol. The van der Waals surface area contributed by atoms with E-state index < -0.39 is 0 Å². The highest BCUT2D eigenvalue weighted by atomic mass is 14.9. The first kappa shape index (κ1) is 10.0. The largest absolute Gasteiger partial charge is 0.312 e. The Morgan fingerprint density at radius 2 is 2.31 bits per heavy atom. The van der Waals surface area contributed by atoms with Crippen LogP contribution in [-0.2, 0) is 0 Å². The van der Waals surface area contributed by atoms with E-state index in [2.05, 4.69) is 30.1 Å². The van der Waals surface area contributed by atoms with E-state index in [0.29, 0.717) is 0 Å². The van der Waals surface area contributed by atoms with Crippen LogP contribution in [0.15, 0.2) is 40.7 Å². The lowest BCUT2D eigenvalue weighted by atomic mass is 9.99. The monoisotopic (exact) mass is 175 g/mol. The maximum Gasteiger partial charge on any atom is 0.0281 e. The minimum atomic E-state index is 0. The fraction of sp³-hybridized carbons (Fsp3) is 0.417. The fourth-order valence-corrected chi connectivity index (χ4v) is 1.60. The van der Waals surface area contributed by atoms with E-state index >= 15 is 0 Å². The average Bonchev–Trinajstić information content (AvgIpc) is 2.25. The summed E-state index contributed by atoms with van der Waals surface area (Å²) in [5, 5.41) is 3.34. The molecule has 1 N–H and O–H groups in total. The number of hydrogen-bond donors (Lipinski definition) is 1. The Labute approximate surface area is 80.5 Å². The van der Waals surface area contributed by atoms with E-state index in [4.69, 9.17) is 0 Å². The van der Waals surface area contributed by atoms with Crippen LogP contribution in [0.2, 0.25) is 0 Å². The van der Waals surface area contributed by atoms with Gasteiger partial charge in [0.1, 0.15) is 0 Å². The van der Waals surface area contributed by atoms with Gasteiger partial charge in [0.2, 0.25) is 0 Å². The SMILES string of the molecule is C.CC1=CC=C=C2CNCCC2=C1. The van der Waals surface area contributed by atoms with Gasteiger partial charge in [0.05, 0.1) is 0 Å². The molecule has 2 aliphatic rings. The Kier molecular flexibility index (Phi) is 3.30. The van der Waals surface area contributed by atoms with Crippen LogP contribution in [0.3, 0.4) is 0 Å². The number of rotatable bonds is 0. The predicted molar refractivity (Wildman–Crippen MR) is 57.7 cm³/mol. The summed E-state index contributed by atoms with van der Waals surface area (Å²) >= 11 is 0. The van der Waals surface area contributed by atoms with Crippen LogP contribution in [-0.4, -0.2) is 13.1 Å². The summed E-state index contributed by atoms with van der Waals surface area (Å²) in [4.78, 5) is 0. The van der Waals surface area contributed by atoms with E-state index in [9.17, 15) is 0 Å². The van der Waals surface area contributed by atoms with Gasteiger partial charge in [-0.25, -0.2) is 0 Å². The Morgan fingerprint density at radius 3 is 3.15 bits per heavy atom. The van der Waals surface area contributed by atoms with Crippen LogP contribution in [0.25, 0.3) is 0 Å². The number of piperidine rings is 1. The fourth-order valence-electron chi connectivity index (χ4n) is 1.60. The first-order valence-corrected chi connectivity index (χ1v) is 4.40. The second kappa shape index (κ2) is 4.27. The lowest BCUT2D eigenvalue weighted by Crippen LogP contribution is -2.25. The van der Waals surface area contributed by atoms with E-state index in [0.717, 1.165) is 19.5 Å². The Hall–Kier alpha value is -1.04. The van der Waals surface area contributed by atoms with Crippen molar-refractivity contribution < 1.29 is 0 Å². The standard InChI is InChI=1S/C11H13N.CH4/c1-9-3-2-4-11-8-12-6-5-10(11)7-9;/h2-3,7,12H,5-6,8H2,1H3;1H4. The molecule has 1 heterocycles. The molecule has 13 heavy (non-hydrogen) atoms. The van der Waals surface area contributed by atoms with Gasteiger partial charge >= 0.3 is 0 Å². The highest BCUT2D eigenvalue weighted by molar-refractivity contribution is 5.42. The van der Waals surface area contributed by atoms with Crippen molar-refractivity contribution in [3.05, 3.63) is 40.7 Å². The summed E-state index contributed by atoms with van der Waals surface area (Å²) in [7, 11) is 0. The number of allylic oxidation sites excluding steroid dienone is 3. The van der Waals surface area contributed by atoms with Crippen molar-refractivity contribution in [1.82, 2.24) is 5.32 Å². The third kappa shape index (κ3) is 2.21. The molecule has 1 saturated heterocycles. The van der Waals surface area contributed by atoms with Gasteiger partial charge in [0.15, 0.2) is 0 Å². The predicted octanol–water partition coefficient (Wildman–Crippen LogP) is 2.58. The highest BCUT2D eigenvalue weighted by Gasteiger charge is 2.10. The van der Waals surface area contributed by atoms with Crippen LogP contribution >= 0.6 is 0 Å². The number of nitrogens with one attached hydrogen (secondary N) is 1. The lowest BCUT2D eigenvalue weighted by Gasteiger charge is -2.17. The summed E-state index contributed by atoms with van der Waals surface area (Å²) in [6.07, 6.45) is 7.54. The van der Waals surface area contributed by atoms with Gasteiger partial charge in [-0.15, -0.1) is 5.73 Å². The van der Waals surface area contributed by atoms with Crippen molar-refractivity contribution >= 4 is 0 Å². The van der Waals surface area contributed by atoms with Crippen molar-refractivity contribution in [2.45, 2.75) is 20.8 Å². The minimum absolute atomic E-state index is 0. The van der Waals surface area contributed by atoms with Gasteiger partial charge in [-0.3, -0.25) is 0 Å². The molecule has 1 fully saturated rings. The molecule has 2 rings (SSSR count). The summed E-state index contributed by atoms with van der Waals surface area (Å²) in [5.41, 5.74) is 7.41. The second-order valence-electron chi connectivity index (χ2n) is 3.30. The van der Waals surface area contributed by atoms with E-state index in [1.807, 2.05) is 6.08 Å². The minimum Gasteiger partial charge on any atom is -0.312 e. The normalized spacial score (nSPS) is 20.2. The van der Waals surface area contributed by atoms with Crippen LogP contribution in [0, 0.1) is 0 Å². The molecule has 1 aliphatic carbocycles. The molecule has 0 aromatic heterocycles. The molecular weight excluding hydrogens is 158 g/mol. The Morgan fingerprint density at radius 1 is 1.46 bits per heavy atom. The van der Waals surface area contributed by atoms with Crippen molar-refractivity contribution in [1.29, 1.82) is 0 Å². The Bertz CT molecular complexity index is 312. The zero-order valence-corrected chi connectivity index (χ0v) is 7.35. The van der Waals surface area contributed by atoms with Gasteiger partial charge < -0.3 is 5.32 Å². The van der Waals surface area contributed by atoms with Gasteiger partial charge in [-0.05, 0) is 31.5 Å². The molecule has 0 atom stereocenters. The summed E-state index contributed by atoms with van der Waals surface area (Å²) < 4.78 is 0. The van der Waals surface area contributed by atoms with Crippen molar-refractivity contribution in [2.24, 2.45) is 0 Å². The summed E-state index contributed by atoms with van der Waals surface area (Å²) in [6, 6.07) is 0.